The lowest BCUT2D eigenvalue weighted by molar-refractivity contribution is -0.386. The monoisotopic (exact) mass is 474 g/mol. The van der Waals surface area contributed by atoms with E-state index in [1.54, 1.807) is 12.1 Å². The van der Waals surface area contributed by atoms with E-state index in [1.807, 2.05) is 0 Å². The molecule has 0 fully saturated rings. The summed E-state index contributed by atoms with van der Waals surface area (Å²) in [6.45, 7) is 0.250. The second kappa shape index (κ2) is 14.0. The van der Waals surface area contributed by atoms with Gasteiger partial charge >= 0.3 is 11.4 Å². The van der Waals surface area contributed by atoms with Gasteiger partial charge in [0.15, 0.2) is 24.7 Å². The van der Waals surface area contributed by atoms with Gasteiger partial charge in [-0.05, 0) is 25.0 Å². The van der Waals surface area contributed by atoms with E-state index >= 15 is 0 Å². The van der Waals surface area contributed by atoms with Gasteiger partial charge in [-0.3, -0.25) is 29.8 Å². The number of unbranched alkanes of at least 4 members (excludes halogenated alkanes) is 3. The molecule has 0 aliphatic heterocycles. The van der Waals surface area contributed by atoms with Crippen molar-refractivity contribution in [1.82, 2.24) is 10.6 Å². The average molecular weight is 474 g/mol. The van der Waals surface area contributed by atoms with Crippen LogP contribution >= 0.6 is 0 Å². The summed E-state index contributed by atoms with van der Waals surface area (Å²) in [6, 6.07) is 11.7. The van der Waals surface area contributed by atoms with Crippen molar-refractivity contribution >= 4 is 23.2 Å². The highest BCUT2D eigenvalue weighted by atomic mass is 16.6. The number of nitro benzene ring substituents is 2. The molecule has 2 N–H and O–H groups in total. The summed E-state index contributed by atoms with van der Waals surface area (Å²) in [4.78, 5) is 44.4. The third-order valence-corrected chi connectivity index (χ3v) is 4.59. The van der Waals surface area contributed by atoms with Crippen molar-refractivity contribution in [2.75, 3.05) is 26.3 Å². The third kappa shape index (κ3) is 9.10. The van der Waals surface area contributed by atoms with Gasteiger partial charge in [0.2, 0.25) is 0 Å². The maximum Gasteiger partial charge on any atom is 0.310 e. The van der Waals surface area contributed by atoms with Crippen LogP contribution in [0.5, 0.6) is 11.5 Å². The molecule has 0 saturated carbocycles. The van der Waals surface area contributed by atoms with Crippen LogP contribution in [0.3, 0.4) is 0 Å². The molecule has 0 spiro atoms. The third-order valence-electron chi connectivity index (χ3n) is 4.59. The predicted molar refractivity (Wildman–Crippen MR) is 122 cm³/mol. The molecule has 0 bridgehead atoms. The number of rotatable bonds is 15. The van der Waals surface area contributed by atoms with Crippen molar-refractivity contribution in [1.29, 1.82) is 0 Å². The summed E-state index contributed by atoms with van der Waals surface area (Å²) in [7, 11) is 0. The minimum absolute atomic E-state index is 0.0390. The number of hydrogen-bond acceptors (Lipinski definition) is 8. The molecule has 2 rings (SSSR count). The van der Waals surface area contributed by atoms with Gasteiger partial charge in [-0.15, -0.1) is 0 Å². The fourth-order valence-corrected chi connectivity index (χ4v) is 2.91. The van der Waals surface area contributed by atoms with E-state index in [9.17, 15) is 29.8 Å². The molecule has 0 aromatic heterocycles. The van der Waals surface area contributed by atoms with E-state index in [-0.39, 0.29) is 47.9 Å². The number of para-hydroxylation sites is 4. The maximum atomic E-state index is 11.8. The van der Waals surface area contributed by atoms with Gasteiger partial charge in [0.25, 0.3) is 11.8 Å². The molecular weight excluding hydrogens is 448 g/mol. The highest BCUT2D eigenvalue weighted by Crippen LogP contribution is 2.26. The highest BCUT2D eigenvalue weighted by Gasteiger charge is 2.15. The fourth-order valence-electron chi connectivity index (χ4n) is 2.91. The Morgan fingerprint density at radius 3 is 1.44 bits per heavy atom. The molecule has 0 aliphatic rings. The van der Waals surface area contributed by atoms with Crippen LogP contribution in [-0.2, 0) is 9.59 Å². The second-order valence-electron chi connectivity index (χ2n) is 7.14. The van der Waals surface area contributed by atoms with Crippen LogP contribution < -0.4 is 20.1 Å². The van der Waals surface area contributed by atoms with Gasteiger partial charge in [0.1, 0.15) is 0 Å². The number of nitro groups is 2. The van der Waals surface area contributed by atoms with Gasteiger partial charge in [0, 0.05) is 25.2 Å². The number of amides is 2. The Morgan fingerprint density at radius 1 is 0.676 bits per heavy atom. The van der Waals surface area contributed by atoms with Crippen LogP contribution in [0.2, 0.25) is 0 Å². The first kappa shape index (κ1) is 26.0. The van der Waals surface area contributed by atoms with Gasteiger partial charge in [0.05, 0.1) is 9.85 Å². The van der Waals surface area contributed by atoms with Crippen LogP contribution in [0.25, 0.3) is 0 Å². The molecule has 12 heteroatoms. The smallest absolute Gasteiger partial charge is 0.310 e. The predicted octanol–water partition coefficient (Wildman–Crippen LogP) is 2.75. The molecule has 0 saturated heterocycles. The van der Waals surface area contributed by atoms with Crippen molar-refractivity contribution in [3.8, 4) is 11.5 Å². The van der Waals surface area contributed by atoms with Gasteiger partial charge in [-0.2, -0.15) is 0 Å². The van der Waals surface area contributed by atoms with Crippen molar-refractivity contribution in [2.24, 2.45) is 0 Å². The lowest BCUT2D eigenvalue weighted by Crippen LogP contribution is -2.30. The molecule has 0 aliphatic carbocycles. The van der Waals surface area contributed by atoms with E-state index in [0.29, 0.717) is 13.1 Å². The first-order valence-electron chi connectivity index (χ1n) is 10.6. The zero-order valence-electron chi connectivity index (χ0n) is 18.4. The minimum atomic E-state index is -0.571. The summed E-state index contributed by atoms with van der Waals surface area (Å²) >= 11 is 0. The maximum absolute atomic E-state index is 11.8. The molecule has 182 valence electrons. The van der Waals surface area contributed by atoms with E-state index in [0.717, 1.165) is 25.7 Å². The Balaban J connectivity index is 1.50. The summed E-state index contributed by atoms with van der Waals surface area (Å²) in [5, 5.41) is 27.2. The number of carbonyl (C=O) groups is 2. The van der Waals surface area contributed by atoms with Crippen LogP contribution in [0.1, 0.15) is 25.7 Å². The number of hydrogen-bond donors (Lipinski definition) is 2. The van der Waals surface area contributed by atoms with Crippen molar-refractivity contribution in [3.63, 3.8) is 0 Å². The average Bonchev–Trinajstić information content (AvgIpc) is 2.83. The number of nitrogens with one attached hydrogen (secondary N) is 2. The molecular formula is C22H26N4O8. The quantitative estimate of drug-likeness (QED) is 0.226. The Hall–Kier alpha value is -4.22. The first-order valence-corrected chi connectivity index (χ1v) is 10.6. The molecule has 12 nitrogen and oxygen atoms in total. The summed E-state index contributed by atoms with van der Waals surface area (Å²) in [5.41, 5.74) is -0.398. The van der Waals surface area contributed by atoms with Crippen LogP contribution in [0, 0.1) is 20.2 Å². The number of benzene rings is 2. The number of nitrogens with zero attached hydrogens (tertiary/aromatic N) is 2. The fraction of sp³-hybridized carbons (Fsp3) is 0.364. The lowest BCUT2D eigenvalue weighted by Gasteiger charge is -2.08. The standard InChI is InChI=1S/C22H26N4O8/c27-21(15-33-19-11-5-3-9-17(19)25(29)30)23-13-7-1-2-8-14-24-22(28)16-34-20-12-6-4-10-18(20)26(31)32/h3-6,9-12H,1-2,7-8,13-16H2,(H,23,27)(H,24,28). The van der Waals surface area contributed by atoms with E-state index in [1.165, 1.54) is 36.4 Å². The summed E-state index contributed by atoms with van der Waals surface area (Å²) in [6.07, 6.45) is 3.11. The number of ether oxygens (including phenoxy) is 2. The molecule has 0 atom stereocenters. The Labute approximate surface area is 195 Å². The summed E-state index contributed by atoms with van der Waals surface area (Å²) in [5.74, 6) is -0.665. The van der Waals surface area contributed by atoms with Gasteiger partial charge in [-0.1, -0.05) is 37.1 Å². The van der Waals surface area contributed by atoms with Crippen LogP contribution in [0.4, 0.5) is 11.4 Å². The molecule has 34 heavy (non-hydrogen) atoms. The van der Waals surface area contributed by atoms with E-state index < -0.39 is 9.85 Å². The molecule has 0 radical (unpaired) electrons. The van der Waals surface area contributed by atoms with Gasteiger partial charge in [-0.25, -0.2) is 0 Å². The molecule has 0 heterocycles. The van der Waals surface area contributed by atoms with E-state index in [2.05, 4.69) is 10.6 Å². The van der Waals surface area contributed by atoms with Crippen LogP contribution in [0.15, 0.2) is 48.5 Å². The summed E-state index contributed by atoms with van der Waals surface area (Å²) < 4.78 is 10.4. The largest absolute Gasteiger partial charge is 0.477 e. The van der Waals surface area contributed by atoms with E-state index in [4.69, 9.17) is 9.47 Å². The van der Waals surface area contributed by atoms with Crippen molar-refractivity contribution < 1.29 is 28.9 Å². The van der Waals surface area contributed by atoms with Crippen molar-refractivity contribution in [2.45, 2.75) is 25.7 Å². The zero-order chi connectivity index (χ0) is 24.8. The Morgan fingerprint density at radius 2 is 1.06 bits per heavy atom. The molecule has 2 aromatic rings. The normalized spacial score (nSPS) is 10.2. The minimum Gasteiger partial charge on any atom is -0.477 e. The Kier molecular flexibility index (Phi) is 10.7. The second-order valence-corrected chi connectivity index (χ2v) is 7.14. The number of carbonyl (C=O) groups excluding carboxylic acids is 2. The van der Waals surface area contributed by atoms with Crippen LogP contribution in [-0.4, -0.2) is 48.0 Å². The highest BCUT2D eigenvalue weighted by molar-refractivity contribution is 5.78. The molecule has 2 amide bonds. The first-order chi connectivity index (χ1) is 16.4. The SMILES string of the molecule is O=C(COc1ccccc1[N+](=O)[O-])NCCCCCCNC(=O)COc1ccccc1[N+](=O)[O-]. The topological polar surface area (TPSA) is 163 Å². The van der Waals surface area contributed by atoms with Crippen molar-refractivity contribution in [3.05, 3.63) is 68.8 Å². The molecule has 0 unspecified atom stereocenters. The molecule has 2 aromatic carbocycles. The zero-order valence-corrected chi connectivity index (χ0v) is 18.4. The Bertz CT molecular complexity index is 919. The lowest BCUT2D eigenvalue weighted by atomic mass is 10.2. The van der Waals surface area contributed by atoms with Gasteiger partial charge < -0.3 is 20.1 Å².